The molecule has 0 unspecified atom stereocenters. The van der Waals surface area contributed by atoms with Gasteiger partial charge in [0.25, 0.3) is 0 Å². The van der Waals surface area contributed by atoms with Crippen molar-refractivity contribution in [2.24, 2.45) is 0 Å². The van der Waals surface area contributed by atoms with E-state index >= 15 is 0 Å². The molecular weight excluding hydrogens is 457 g/mol. The van der Waals surface area contributed by atoms with E-state index in [-0.39, 0.29) is 11.9 Å². The summed E-state index contributed by atoms with van der Waals surface area (Å²) in [5.74, 6) is 1.34. The minimum atomic E-state index is -4.34. The third kappa shape index (κ3) is 4.52. The van der Waals surface area contributed by atoms with Crippen LogP contribution in [0.2, 0.25) is 0 Å². The predicted octanol–water partition coefficient (Wildman–Crippen LogP) is 4.21. The Balaban J connectivity index is 1.26. The number of pyridine rings is 1. The van der Waals surface area contributed by atoms with Gasteiger partial charge in [-0.15, -0.1) is 0 Å². The van der Waals surface area contributed by atoms with Gasteiger partial charge in [0.1, 0.15) is 11.7 Å². The predicted molar refractivity (Wildman–Crippen MR) is 126 cm³/mol. The number of alkyl halides is 3. The topological polar surface area (TPSA) is 74.2 Å². The maximum Gasteiger partial charge on any atom is 0.416 e. The van der Waals surface area contributed by atoms with E-state index in [1.54, 1.807) is 6.20 Å². The van der Waals surface area contributed by atoms with Crippen LogP contribution in [0.3, 0.4) is 0 Å². The number of hydrogen-bond donors (Lipinski definition) is 1. The summed E-state index contributed by atoms with van der Waals surface area (Å²) in [6.07, 6.45) is -0.483. The van der Waals surface area contributed by atoms with Crippen molar-refractivity contribution < 1.29 is 18.0 Å². The van der Waals surface area contributed by atoms with E-state index in [2.05, 4.69) is 15.3 Å². The molecular formula is C25H25F3N6O. The van der Waals surface area contributed by atoms with E-state index in [1.165, 1.54) is 12.1 Å². The van der Waals surface area contributed by atoms with E-state index in [4.69, 9.17) is 4.98 Å². The van der Waals surface area contributed by atoms with E-state index in [0.29, 0.717) is 25.5 Å². The van der Waals surface area contributed by atoms with Gasteiger partial charge in [0.2, 0.25) is 11.9 Å². The molecule has 0 aliphatic carbocycles. The van der Waals surface area contributed by atoms with E-state index in [1.807, 2.05) is 35.9 Å². The maximum absolute atomic E-state index is 12.7. The van der Waals surface area contributed by atoms with Gasteiger partial charge >= 0.3 is 6.18 Å². The van der Waals surface area contributed by atoms with E-state index in [0.717, 1.165) is 59.0 Å². The molecule has 0 fully saturated rings. The van der Waals surface area contributed by atoms with Crippen LogP contribution < -0.4 is 15.1 Å². The lowest BCUT2D eigenvalue weighted by Crippen LogP contribution is -2.53. The summed E-state index contributed by atoms with van der Waals surface area (Å²) >= 11 is 0. The summed E-state index contributed by atoms with van der Waals surface area (Å²) in [5.41, 5.74) is 3.49. The Morgan fingerprint density at radius 3 is 2.51 bits per heavy atom. The smallest absolute Gasteiger partial charge is 0.350 e. The molecule has 182 valence electrons. The van der Waals surface area contributed by atoms with Crippen molar-refractivity contribution >= 4 is 23.4 Å². The zero-order valence-electron chi connectivity index (χ0n) is 19.4. The number of nitrogens with zero attached hydrogens (tertiary/aromatic N) is 5. The van der Waals surface area contributed by atoms with Gasteiger partial charge in [-0.25, -0.2) is 4.98 Å². The van der Waals surface area contributed by atoms with Crippen LogP contribution in [0.5, 0.6) is 0 Å². The fraction of sp³-hybridized carbons (Fsp3) is 0.360. The maximum atomic E-state index is 12.7. The summed E-state index contributed by atoms with van der Waals surface area (Å²) < 4.78 is 38.2. The molecule has 2 aromatic heterocycles. The second-order valence-electron chi connectivity index (χ2n) is 8.93. The molecule has 35 heavy (non-hydrogen) atoms. The minimum absolute atomic E-state index is 0.0766. The number of likely N-dealkylation sites (N-methyl/N-ethyl adjacent to an activating group) is 1. The first-order valence-corrected chi connectivity index (χ1v) is 11.5. The highest BCUT2D eigenvalue weighted by molar-refractivity contribution is 6.05. The van der Waals surface area contributed by atoms with Crippen molar-refractivity contribution in [3.05, 3.63) is 70.7 Å². The largest absolute Gasteiger partial charge is 0.416 e. The van der Waals surface area contributed by atoms with Gasteiger partial charge in [-0.1, -0.05) is 18.2 Å². The molecule has 1 amide bonds. The van der Waals surface area contributed by atoms with Gasteiger partial charge in [-0.3, -0.25) is 9.78 Å². The van der Waals surface area contributed by atoms with Crippen molar-refractivity contribution in [2.75, 3.05) is 28.7 Å². The van der Waals surface area contributed by atoms with Crippen molar-refractivity contribution in [3.8, 4) is 0 Å². The third-order valence-corrected chi connectivity index (χ3v) is 6.54. The van der Waals surface area contributed by atoms with Gasteiger partial charge in [-0.2, -0.15) is 18.2 Å². The lowest BCUT2D eigenvalue weighted by Gasteiger charge is -2.41. The van der Waals surface area contributed by atoms with E-state index < -0.39 is 11.7 Å². The molecule has 4 heterocycles. The number of halogens is 3. The molecule has 10 heteroatoms. The van der Waals surface area contributed by atoms with Gasteiger partial charge in [0, 0.05) is 38.4 Å². The van der Waals surface area contributed by atoms with Crippen molar-refractivity contribution in [3.63, 3.8) is 0 Å². The highest BCUT2D eigenvalue weighted by Gasteiger charge is 2.38. The van der Waals surface area contributed by atoms with Crippen LogP contribution in [0, 0.1) is 0 Å². The normalized spacial score (nSPS) is 17.4. The second kappa shape index (κ2) is 8.83. The number of carbonyl (C=O) groups is 1. The van der Waals surface area contributed by atoms with Crippen LogP contribution in [0.25, 0.3) is 0 Å². The summed E-state index contributed by atoms with van der Waals surface area (Å²) in [7, 11) is 1.88. The summed E-state index contributed by atoms with van der Waals surface area (Å²) in [6.45, 7) is 3.04. The van der Waals surface area contributed by atoms with Crippen LogP contribution in [-0.4, -0.2) is 40.5 Å². The highest BCUT2D eigenvalue weighted by atomic mass is 19.4. The third-order valence-electron chi connectivity index (χ3n) is 6.54. The standard InChI is InChI=1S/C25H25F3N6O/c1-15-23(35)34-11-3-4-20-21(34)22(33(15)2)32-24(31-20)30-14-17-7-10-19(29-13-17)12-16-5-8-18(9-6-16)25(26,27)28/h5-10,13,15H,3-4,11-12,14H2,1-2H3,(H,30,31,32)/t15-/m0/s1. The number of rotatable bonds is 5. The SMILES string of the molecule is C[C@H]1C(=O)N2CCCc3nc(NCc4ccc(Cc5ccc(C(F)(F)F)cc5)nc4)nc(c32)N1C. The fourth-order valence-electron chi connectivity index (χ4n) is 4.44. The Morgan fingerprint density at radius 2 is 1.83 bits per heavy atom. The molecule has 0 saturated heterocycles. The molecule has 5 rings (SSSR count). The molecule has 2 aliphatic rings. The summed E-state index contributed by atoms with van der Waals surface area (Å²) in [4.78, 5) is 30.2. The molecule has 3 aromatic rings. The summed E-state index contributed by atoms with van der Waals surface area (Å²) in [6, 6.07) is 8.65. The summed E-state index contributed by atoms with van der Waals surface area (Å²) in [5, 5.41) is 3.26. The molecule has 7 nitrogen and oxygen atoms in total. The van der Waals surface area contributed by atoms with Gasteiger partial charge < -0.3 is 15.1 Å². The average molecular weight is 483 g/mol. The van der Waals surface area contributed by atoms with Crippen molar-refractivity contribution in [1.29, 1.82) is 0 Å². The van der Waals surface area contributed by atoms with Gasteiger partial charge in [0.15, 0.2) is 5.82 Å². The highest BCUT2D eigenvalue weighted by Crippen LogP contribution is 2.39. The van der Waals surface area contributed by atoms with Gasteiger partial charge in [-0.05, 0) is 49.1 Å². The number of hydrogen-bond acceptors (Lipinski definition) is 6. The number of aryl methyl sites for hydroxylation is 1. The molecule has 0 bridgehead atoms. The molecule has 1 atom stereocenters. The number of carbonyl (C=O) groups excluding carboxylic acids is 1. The van der Waals surface area contributed by atoms with Crippen LogP contribution >= 0.6 is 0 Å². The first-order chi connectivity index (χ1) is 16.7. The zero-order chi connectivity index (χ0) is 24.7. The molecule has 1 N–H and O–H groups in total. The zero-order valence-corrected chi connectivity index (χ0v) is 19.4. The Bertz CT molecular complexity index is 1240. The lowest BCUT2D eigenvalue weighted by atomic mass is 10.0. The average Bonchev–Trinajstić information content (AvgIpc) is 2.85. The first-order valence-electron chi connectivity index (χ1n) is 11.5. The Kier molecular flexibility index (Phi) is 5.82. The second-order valence-corrected chi connectivity index (χ2v) is 8.93. The van der Waals surface area contributed by atoms with Crippen LogP contribution in [0.4, 0.5) is 30.6 Å². The molecule has 0 spiro atoms. The number of aromatic nitrogens is 3. The van der Waals surface area contributed by atoms with Crippen LogP contribution in [-0.2, 0) is 30.4 Å². The molecule has 1 aromatic carbocycles. The van der Waals surface area contributed by atoms with Crippen molar-refractivity contribution in [1.82, 2.24) is 15.0 Å². The number of amides is 1. The van der Waals surface area contributed by atoms with Crippen LogP contribution in [0.1, 0.15) is 41.4 Å². The molecule has 0 saturated carbocycles. The lowest BCUT2D eigenvalue weighted by molar-refractivity contribution is -0.137. The van der Waals surface area contributed by atoms with Crippen molar-refractivity contribution in [2.45, 2.75) is 44.9 Å². The Labute approximate surface area is 201 Å². The first kappa shape index (κ1) is 23.1. The number of anilines is 3. The van der Waals surface area contributed by atoms with E-state index in [9.17, 15) is 18.0 Å². The Hall–Kier alpha value is -3.69. The molecule has 2 aliphatic heterocycles. The van der Waals surface area contributed by atoms with Gasteiger partial charge in [0.05, 0.1) is 11.3 Å². The number of benzene rings is 1. The monoisotopic (exact) mass is 482 g/mol. The quantitative estimate of drug-likeness (QED) is 0.587. The Morgan fingerprint density at radius 1 is 1.09 bits per heavy atom. The fourth-order valence-corrected chi connectivity index (χ4v) is 4.44. The number of nitrogens with one attached hydrogen (secondary N) is 1. The van der Waals surface area contributed by atoms with Crippen LogP contribution in [0.15, 0.2) is 42.6 Å². The molecule has 0 radical (unpaired) electrons. The minimum Gasteiger partial charge on any atom is -0.350 e.